The van der Waals surface area contributed by atoms with Gasteiger partial charge in [-0.15, -0.1) is 0 Å². The molecular weight excluding hydrogens is 312 g/mol. The van der Waals surface area contributed by atoms with Crippen molar-refractivity contribution in [2.45, 2.75) is 38.1 Å². The Morgan fingerprint density at radius 3 is 2.29 bits per heavy atom. The molecule has 3 N–H and O–H groups in total. The molecule has 2 rings (SSSR count). The first-order valence-corrected chi connectivity index (χ1v) is 7.94. The molecule has 7 nitrogen and oxygen atoms in total. The van der Waals surface area contributed by atoms with Crippen molar-refractivity contribution in [1.29, 1.82) is 0 Å². The van der Waals surface area contributed by atoms with Gasteiger partial charge < -0.3 is 20.5 Å². The second-order valence-corrected chi connectivity index (χ2v) is 5.94. The number of carbonyl (C=O) groups excluding carboxylic acids is 2. The van der Waals surface area contributed by atoms with E-state index in [4.69, 9.17) is 5.11 Å². The zero-order valence-electron chi connectivity index (χ0n) is 13.6. The van der Waals surface area contributed by atoms with Crippen molar-refractivity contribution in [2.75, 3.05) is 12.4 Å². The Morgan fingerprint density at radius 1 is 1.12 bits per heavy atom. The van der Waals surface area contributed by atoms with Crippen LogP contribution in [0.1, 0.15) is 31.2 Å². The summed E-state index contributed by atoms with van der Waals surface area (Å²) in [5, 5.41) is 14.6. The van der Waals surface area contributed by atoms with Crippen LogP contribution >= 0.6 is 0 Å². The van der Waals surface area contributed by atoms with Crippen molar-refractivity contribution in [3.63, 3.8) is 0 Å². The number of carbonyl (C=O) groups is 3. The molecule has 24 heavy (non-hydrogen) atoms. The number of anilines is 1. The second kappa shape index (κ2) is 8.33. The Labute approximate surface area is 140 Å². The van der Waals surface area contributed by atoms with E-state index in [1.54, 1.807) is 24.3 Å². The SMILES string of the molecule is COC(=O)Cc1ccc(NC(=O)NC2CCC(C(=O)O)CC2)cc1. The number of hydrogen-bond acceptors (Lipinski definition) is 4. The lowest BCUT2D eigenvalue weighted by atomic mass is 9.86. The maximum absolute atomic E-state index is 12.0. The lowest BCUT2D eigenvalue weighted by Gasteiger charge is -2.26. The second-order valence-electron chi connectivity index (χ2n) is 5.94. The number of methoxy groups -OCH3 is 1. The van der Waals surface area contributed by atoms with Gasteiger partial charge in [0.25, 0.3) is 0 Å². The molecule has 0 radical (unpaired) electrons. The predicted molar refractivity (Wildman–Crippen MR) is 87.7 cm³/mol. The first-order valence-electron chi connectivity index (χ1n) is 7.94. The standard InChI is InChI=1S/C17H22N2O5/c1-24-15(20)10-11-2-6-13(7-3-11)18-17(23)19-14-8-4-12(5-9-14)16(21)22/h2-3,6-7,12,14H,4-5,8-10H2,1H3,(H,21,22)(H2,18,19,23). The molecule has 0 heterocycles. The third-order valence-corrected chi connectivity index (χ3v) is 4.20. The van der Waals surface area contributed by atoms with Crippen LogP contribution in [0.3, 0.4) is 0 Å². The van der Waals surface area contributed by atoms with Crippen molar-refractivity contribution in [3.8, 4) is 0 Å². The average molecular weight is 334 g/mol. The third-order valence-electron chi connectivity index (χ3n) is 4.20. The zero-order valence-corrected chi connectivity index (χ0v) is 13.6. The number of amides is 2. The molecular formula is C17H22N2O5. The molecule has 1 aliphatic carbocycles. The molecule has 0 saturated heterocycles. The van der Waals surface area contributed by atoms with Gasteiger partial charge >= 0.3 is 18.0 Å². The molecule has 0 aliphatic heterocycles. The molecule has 0 bridgehead atoms. The van der Waals surface area contributed by atoms with Crippen LogP contribution in [-0.4, -0.2) is 36.2 Å². The monoisotopic (exact) mass is 334 g/mol. The lowest BCUT2D eigenvalue weighted by Crippen LogP contribution is -2.40. The zero-order chi connectivity index (χ0) is 17.5. The Bertz CT molecular complexity index is 592. The van der Waals surface area contributed by atoms with Gasteiger partial charge in [0.2, 0.25) is 0 Å². The fourth-order valence-corrected chi connectivity index (χ4v) is 2.78. The number of nitrogens with one attached hydrogen (secondary N) is 2. The molecule has 130 valence electrons. The Balaban J connectivity index is 1.78. The highest BCUT2D eigenvalue weighted by atomic mass is 16.5. The van der Waals surface area contributed by atoms with Gasteiger partial charge in [0.1, 0.15) is 0 Å². The van der Waals surface area contributed by atoms with Gasteiger partial charge in [-0.1, -0.05) is 12.1 Å². The Morgan fingerprint density at radius 2 is 1.75 bits per heavy atom. The van der Waals surface area contributed by atoms with Gasteiger partial charge in [-0.25, -0.2) is 4.79 Å². The van der Waals surface area contributed by atoms with Crippen LogP contribution in [0.15, 0.2) is 24.3 Å². The van der Waals surface area contributed by atoms with Gasteiger partial charge in [-0.05, 0) is 43.4 Å². The number of urea groups is 1. The number of carboxylic acids is 1. The minimum atomic E-state index is -0.759. The van der Waals surface area contributed by atoms with Crippen LogP contribution in [0.4, 0.5) is 10.5 Å². The molecule has 1 aliphatic rings. The highest BCUT2D eigenvalue weighted by Crippen LogP contribution is 2.24. The van der Waals surface area contributed by atoms with Gasteiger partial charge in [0.15, 0.2) is 0 Å². The summed E-state index contributed by atoms with van der Waals surface area (Å²) in [5.74, 6) is -1.37. The fourth-order valence-electron chi connectivity index (χ4n) is 2.78. The van der Waals surface area contributed by atoms with E-state index < -0.39 is 5.97 Å². The lowest BCUT2D eigenvalue weighted by molar-refractivity contribution is -0.143. The molecule has 7 heteroatoms. The summed E-state index contributed by atoms with van der Waals surface area (Å²) >= 11 is 0. The summed E-state index contributed by atoms with van der Waals surface area (Å²) in [6.45, 7) is 0. The van der Waals surface area contributed by atoms with Crippen LogP contribution < -0.4 is 10.6 Å². The molecule has 0 unspecified atom stereocenters. The molecule has 1 saturated carbocycles. The van der Waals surface area contributed by atoms with E-state index in [0.29, 0.717) is 31.4 Å². The van der Waals surface area contributed by atoms with Crippen molar-refractivity contribution in [3.05, 3.63) is 29.8 Å². The van der Waals surface area contributed by atoms with Crippen LogP contribution in [0.2, 0.25) is 0 Å². The predicted octanol–water partition coefficient (Wildman–Crippen LogP) is 2.17. The van der Waals surface area contributed by atoms with Crippen molar-refractivity contribution in [2.24, 2.45) is 5.92 Å². The van der Waals surface area contributed by atoms with E-state index in [1.165, 1.54) is 7.11 Å². The number of ether oxygens (including phenoxy) is 1. The number of esters is 1. The van der Waals surface area contributed by atoms with Crippen LogP contribution in [0.5, 0.6) is 0 Å². The number of carboxylic acid groups (broad SMARTS) is 1. The summed E-state index contributed by atoms with van der Waals surface area (Å²) in [6.07, 6.45) is 2.70. The third kappa shape index (κ3) is 5.26. The smallest absolute Gasteiger partial charge is 0.319 e. The number of aliphatic carboxylic acids is 1. The topological polar surface area (TPSA) is 105 Å². The molecule has 2 amide bonds. The molecule has 1 fully saturated rings. The Kier molecular flexibility index (Phi) is 6.17. The van der Waals surface area contributed by atoms with Crippen molar-refractivity contribution in [1.82, 2.24) is 5.32 Å². The van der Waals surface area contributed by atoms with Gasteiger partial charge in [-0.2, -0.15) is 0 Å². The van der Waals surface area contributed by atoms with E-state index in [0.717, 1.165) is 5.56 Å². The van der Waals surface area contributed by atoms with Gasteiger partial charge in [0, 0.05) is 11.7 Å². The van der Waals surface area contributed by atoms with E-state index in [2.05, 4.69) is 15.4 Å². The highest BCUT2D eigenvalue weighted by molar-refractivity contribution is 5.89. The molecule has 0 atom stereocenters. The minimum Gasteiger partial charge on any atom is -0.481 e. The van der Waals surface area contributed by atoms with E-state index in [-0.39, 0.29) is 30.4 Å². The summed E-state index contributed by atoms with van der Waals surface area (Å²) in [6, 6.07) is 6.64. The minimum absolute atomic E-state index is 0.000743. The number of rotatable bonds is 5. The first-order chi connectivity index (χ1) is 11.5. The van der Waals surface area contributed by atoms with Crippen molar-refractivity contribution >= 4 is 23.7 Å². The summed E-state index contributed by atoms with van der Waals surface area (Å²) < 4.78 is 4.60. The largest absolute Gasteiger partial charge is 0.481 e. The highest BCUT2D eigenvalue weighted by Gasteiger charge is 2.26. The van der Waals surface area contributed by atoms with E-state index in [9.17, 15) is 14.4 Å². The van der Waals surface area contributed by atoms with Gasteiger partial charge in [0.05, 0.1) is 19.4 Å². The molecule has 1 aromatic carbocycles. The maximum Gasteiger partial charge on any atom is 0.319 e. The molecule has 0 spiro atoms. The quantitative estimate of drug-likeness (QED) is 0.716. The average Bonchev–Trinajstić information content (AvgIpc) is 2.57. The van der Waals surface area contributed by atoms with Crippen LogP contribution in [0, 0.1) is 5.92 Å². The number of benzene rings is 1. The van der Waals surface area contributed by atoms with E-state index in [1.807, 2.05) is 0 Å². The van der Waals surface area contributed by atoms with Gasteiger partial charge in [-0.3, -0.25) is 9.59 Å². The molecule has 0 aromatic heterocycles. The van der Waals surface area contributed by atoms with Crippen molar-refractivity contribution < 1.29 is 24.2 Å². The normalized spacial score (nSPS) is 20.0. The van der Waals surface area contributed by atoms with Crippen LogP contribution in [0.25, 0.3) is 0 Å². The fraction of sp³-hybridized carbons (Fsp3) is 0.471. The van der Waals surface area contributed by atoms with E-state index >= 15 is 0 Å². The Hall–Kier alpha value is -2.57. The summed E-state index contributed by atoms with van der Waals surface area (Å²) in [7, 11) is 1.34. The summed E-state index contributed by atoms with van der Waals surface area (Å²) in [5.41, 5.74) is 1.43. The maximum atomic E-state index is 12.0. The number of hydrogen-bond donors (Lipinski definition) is 3. The van der Waals surface area contributed by atoms with Crippen LogP contribution in [-0.2, 0) is 20.7 Å². The molecule has 1 aromatic rings. The summed E-state index contributed by atoms with van der Waals surface area (Å²) in [4.78, 5) is 34.1. The first kappa shape index (κ1) is 17.8.